The molecular formula is C69H129NO13. The summed E-state index contributed by atoms with van der Waals surface area (Å²) in [5, 5.41) is 87.6. The van der Waals surface area contributed by atoms with Crippen molar-refractivity contribution in [3.05, 3.63) is 36.5 Å². The molecule has 9 N–H and O–H groups in total. The van der Waals surface area contributed by atoms with Crippen molar-refractivity contribution in [2.45, 2.75) is 376 Å². The number of carbonyl (C=O) groups excluding carboxylic acids is 1. The summed E-state index contributed by atoms with van der Waals surface area (Å²) in [6.07, 6.45) is 51.5. The first-order valence-corrected chi connectivity index (χ1v) is 34.7. The van der Waals surface area contributed by atoms with Crippen LogP contribution in [0.25, 0.3) is 0 Å². The standard InChI is InChI=1S/C69H129NO13/c1-3-5-7-9-11-13-15-17-19-21-23-25-26-27-28-29-30-31-33-34-36-38-40-42-44-46-48-50-52-58(73)57(56-80-68-66(79)64(77)67(60(55-72)82-68)83-69-65(78)63(76)62(75)59(54-71)81-69)70-61(74)53-51-49-47-45-43-41-39-37-35-32-24-22-20-18-16-14-12-10-8-6-4-2/h16,18,22,24,35,37,57-60,62-69,71-73,75-79H,3-15,17,19-21,23,25-34,36,38-56H2,1-2H3,(H,70,74)/b18-16-,24-22-,37-35-. The first kappa shape index (κ1) is 77.3. The van der Waals surface area contributed by atoms with Crippen LogP contribution in [0.2, 0.25) is 0 Å². The summed E-state index contributed by atoms with van der Waals surface area (Å²) in [6, 6.07) is -0.838. The molecule has 0 aliphatic carbocycles. The van der Waals surface area contributed by atoms with E-state index in [0.29, 0.717) is 19.3 Å². The van der Waals surface area contributed by atoms with Crippen molar-refractivity contribution in [2.75, 3.05) is 19.8 Å². The molecule has 2 heterocycles. The predicted molar refractivity (Wildman–Crippen MR) is 337 cm³/mol. The number of ether oxygens (including phenoxy) is 4. The largest absolute Gasteiger partial charge is 0.394 e. The monoisotopic (exact) mass is 1180 g/mol. The van der Waals surface area contributed by atoms with Gasteiger partial charge >= 0.3 is 0 Å². The number of nitrogens with one attached hydrogen (secondary N) is 1. The highest BCUT2D eigenvalue weighted by Crippen LogP contribution is 2.30. The van der Waals surface area contributed by atoms with E-state index < -0.39 is 86.8 Å². The Morgan fingerprint density at radius 1 is 0.434 bits per heavy atom. The van der Waals surface area contributed by atoms with Crippen LogP contribution in [0.3, 0.4) is 0 Å². The Hall–Kier alpha value is -1.79. The molecule has 2 rings (SSSR count). The van der Waals surface area contributed by atoms with Gasteiger partial charge < -0.3 is 65.1 Å². The van der Waals surface area contributed by atoms with Gasteiger partial charge in [0.2, 0.25) is 5.91 Å². The maximum absolute atomic E-state index is 13.3. The summed E-state index contributed by atoms with van der Waals surface area (Å²) in [6.45, 7) is 2.88. The molecular weight excluding hydrogens is 1050 g/mol. The van der Waals surface area contributed by atoms with Gasteiger partial charge in [0.05, 0.1) is 32.0 Å². The molecule has 2 aliphatic rings. The number of aliphatic hydroxyl groups is 8. The van der Waals surface area contributed by atoms with Crippen molar-refractivity contribution in [1.29, 1.82) is 0 Å². The lowest BCUT2D eigenvalue weighted by atomic mass is 9.97. The van der Waals surface area contributed by atoms with E-state index in [1.807, 2.05) is 0 Å². The molecule has 14 heteroatoms. The average molecular weight is 1180 g/mol. The smallest absolute Gasteiger partial charge is 0.220 e. The van der Waals surface area contributed by atoms with Gasteiger partial charge in [-0.2, -0.15) is 0 Å². The van der Waals surface area contributed by atoms with E-state index in [1.165, 1.54) is 193 Å². The SMILES string of the molecule is CCCCCCC/C=C\C/C=C\C/C=C\CCCCCCCCC(=O)NC(COC1OC(CO)C(OC2OC(CO)C(O)C(O)C2O)C(O)C1O)C(O)CCCCCCCCCCCCCCCCCCCCCCCCCCCCCC. The minimum Gasteiger partial charge on any atom is -0.394 e. The number of amides is 1. The Labute approximate surface area is 506 Å². The van der Waals surface area contributed by atoms with Crippen molar-refractivity contribution >= 4 is 5.91 Å². The molecule has 0 aromatic rings. The molecule has 0 aromatic carbocycles. The second kappa shape index (κ2) is 54.4. The average Bonchev–Trinajstić information content (AvgIpc) is 3.59. The van der Waals surface area contributed by atoms with Crippen LogP contribution in [0.4, 0.5) is 0 Å². The normalized spacial score (nSPS) is 24.0. The number of aliphatic hydroxyl groups excluding tert-OH is 8. The first-order valence-electron chi connectivity index (χ1n) is 34.7. The van der Waals surface area contributed by atoms with Gasteiger partial charge in [-0.25, -0.2) is 0 Å². The molecule has 0 bridgehead atoms. The molecule has 12 atom stereocenters. The van der Waals surface area contributed by atoms with Crippen LogP contribution < -0.4 is 5.32 Å². The number of rotatable bonds is 57. The summed E-state index contributed by atoms with van der Waals surface area (Å²) in [5.74, 6) is -0.215. The van der Waals surface area contributed by atoms with E-state index in [2.05, 4.69) is 55.6 Å². The van der Waals surface area contributed by atoms with Gasteiger partial charge in [0.15, 0.2) is 12.6 Å². The van der Waals surface area contributed by atoms with Crippen LogP contribution in [-0.4, -0.2) is 140 Å². The molecule has 0 spiro atoms. The van der Waals surface area contributed by atoms with Crippen LogP contribution in [-0.2, 0) is 23.7 Å². The maximum Gasteiger partial charge on any atom is 0.220 e. The van der Waals surface area contributed by atoms with E-state index in [0.717, 1.165) is 77.0 Å². The van der Waals surface area contributed by atoms with Gasteiger partial charge in [-0.15, -0.1) is 0 Å². The molecule has 1 amide bonds. The van der Waals surface area contributed by atoms with Crippen LogP contribution in [0.5, 0.6) is 0 Å². The lowest BCUT2D eigenvalue weighted by molar-refractivity contribution is -0.359. The molecule has 0 saturated carbocycles. The zero-order chi connectivity index (χ0) is 60.2. The lowest BCUT2D eigenvalue weighted by Gasteiger charge is -2.46. The summed E-state index contributed by atoms with van der Waals surface area (Å²) in [4.78, 5) is 13.3. The van der Waals surface area contributed by atoms with E-state index in [1.54, 1.807) is 0 Å². The Morgan fingerprint density at radius 3 is 1.22 bits per heavy atom. The molecule has 2 fully saturated rings. The zero-order valence-electron chi connectivity index (χ0n) is 53.0. The molecule has 12 unspecified atom stereocenters. The van der Waals surface area contributed by atoms with Gasteiger partial charge in [0, 0.05) is 6.42 Å². The summed E-state index contributed by atoms with van der Waals surface area (Å²) >= 11 is 0. The van der Waals surface area contributed by atoms with E-state index in [9.17, 15) is 45.6 Å². The zero-order valence-corrected chi connectivity index (χ0v) is 53.0. The second-order valence-corrected chi connectivity index (χ2v) is 24.7. The fourth-order valence-corrected chi connectivity index (χ4v) is 11.5. The van der Waals surface area contributed by atoms with E-state index >= 15 is 0 Å². The Morgan fingerprint density at radius 2 is 0.795 bits per heavy atom. The third kappa shape index (κ3) is 39.0. The fraction of sp³-hybridized carbons (Fsp3) is 0.899. The van der Waals surface area contributed by atoms with Crippen molar-refractivity contribution < 1.29 is 64.6 Å². The molecule has 2 saturated heterocycles. The van der Waals surface area contributed by atoms with Gasteiger partial charge in [0.25, 0.3) is 0 Å². The third-order valence-corrected chi connectivity index (χ3v) is 17.1. The number of allylic oxidation sites excluding steroid dienone is 6. The molecule has 83 heavy (non-hydrogen) atoms. The predicted octanol–water partition coefficient (Wildman–Crippen LogP) is 13.7. The Bertz CT molecular complexity index is 1530. The molecule has 0 radical (unpaired) electrons. The summed E-state index contributed by atoms with van der Waals surface area (Å²) < 4.78 is 22.9. The van der Waals surface area contributed by atoms with Crippen molar-refractivity contribution in [3.8, 4) is 0 Å². The van der Waals surface area contributed by atoms with Gasteiger partial charge in [0.1, 0.15) is 48.8 Å². The number of unbranched alkanes of at least 4 members (excludes halogenated alkanes) is 38. The summed E-state index contributed by atoms with van der Waals surface area (Å²) in [7, 11) is 0. The summed E-state index contributed by atoms with van der Waals surface area (Å²) in [5.41, 5.74) is 0. The molecule has 14 nitrogen and oxygen atoms in total. The number of hydrogen-bond acceptors (Lipinski definition) is 13. The molecule has 488 valence electrons. The highest BCUT2D eigenvalue weighted by molar-refractivity contribution is 5.76. The number of hydrogen-bond donors (Lipinski definition) is 9. The van der Waals surface area contributed by atoms with Crippen LogP contribution >= 0.6 is 0 Å². The van der Waals surface area contributed by atoms with Gasteiger partial charge in [-0.05, 0) is 51.4 Å². The molecule has 2 aliphatic heterocycles. The fourth-order valence-electron chi connectivity index (χ4n) is 11.5. The van der Waals surface area contributed by atoms with E-state index in [4.69, 9.17) is 18.9 Å². The minimum atomic E-state index is -1.78. The molecule has 0 aromatic heterocycles. The Kier molecular flexibility index (Phi) is 50.6. The van der Waals surface area contributed by atoms with E-state index in [-0.39, 0.29) is 12.5 Å². The maximum atomic E-state index is 13.3. The highest BCUT2D eigenvalue weighted by Gasteiger charge is 2.51. The van der Waals surface area contributed by atoms with Gasteiger partial charge in [-0.3, -0.25) is 4.79 Å². The second-order valence-electron chi connectivity index (χ2n) is 24.7. The first-order chi connectivity index (χ1) is 40.6. The van der Waals surface area contributed by atoms with Crippen LogP contribution in [0, 0.1) is 0 Å². The van der Waals surface area contributed by atoms with Crippen LogP contribution in [0.15, 0.2) is 36.5 Å². The third-order valence-electron chi connectivity index (χ3n) is 17.1. The lowest BCUT2D eigenvalue weighted by Crippen LogP contribution is -2.65. The van der Waals surface area contributed by atoms with Crippen LogP contribution in [0.1, 0.15) is 303 Å². The van der Waals surface area contributed by atoms with Gasteiger partial charge in [-0.1, -0.05) is 281 Å². The quantitative estimate of drug-likeness (QED) is 0.0204. The Balaban J connectivity index is 1.68. The highest BCUT2D eigenvalue weighted by atomic mass is 16.7. The van der Waals surface area contributed by atoms with Crippen molar-refractivity contribution in [3.63, 3.8) is 0 Å². The minimum absolute atomic E-state index is 0.215. The van der Waals surface area contributed by atoms with Crippen molar-refractivity contribution in [1.82, 2.24) is 5.32 Å². The van der Waals surface area contributed by atoms with Crippen molar-refractivity contribution in [2.24, 2.45) is 0 Å². The number of carbonyl (C=O) groups is 1. The topological polar surface area (TPSA) is 228 Å².